The van der Waals surface area contributed by atoms with Crippen LogP contribution >= 0.6 is 23.2 Å². The van der Waals surface area contributed by atoms with Crippen molar-refractivity contribution in [2.24, 2.45) is 0 Å². The van der Waals surface area contributed by atoms with Gasteiger partial charge >= 0.3 is 12.1 Å². The average molecular weight is 431 g/mol. The minimum absolute atomic E-state index is 0.124. The number of carbonyl (C=O) groups is 1. The Kier molecular flexibility index (Phi) is 6.54. The smallest absolute Gasteiger partial charge is 0.418 e. The van der Waals surface area contributed by atoms with Crippen LogP contribution in [-0.4, -0.2) is 22.4 Å². The molecule has 0 bridgehead atoms. The van der Waals surface area contributed by atoms with Crippen LogP contribution in [0.1, 0.15) is 16.7 Å². The predicted molar refractivity (Wildman–Crippen MR) is 98.2 cm³/mol. The van der Waals surface area contributed by atoms with Gasteiger partial charge in [-0.25, -0.2) is 4.79 Å². The fraction of sp³-hybridized carbons (Fsp3) is 0.167. The minimum atomic E-state index is -4.70. The third-order valence-corrected chi connectivity index (χ3v) is 4.12. The lowest BCUT2D eigenvalue weighted by Crippen LogP contribution is -2.27. The molecule has 1 aromatic heterocycles. The van der Waals surface area contributed by atoms with Crippen molar-refractivity contribution in [2.75, 3.05) is 6.61 Å². The summed E-state index contributed by atoms with van der Waals surface area (Å²) < 4.78 is 44.2. The van der Waals surface area contributed by atoms with Crippen molar-refractivity contribution < 1.29 is 22.7 Å². The van der Waals surface area contributed by atoms with Gasteiger partial charge in [0.25, 0.3) is 5.56 Å². The first-order chi connectivity index (χ1) is 13.1. The normalized spacial score (nSPS) is 11.8. The molecule has 0 aliphatic carbocycles. The van der Waals surface area contributed by atoms with Gasteiger partial charge in [-0.1, -0.05) is 29.1 Å². The second-order valence-electron chi connectivity index (χ2n) is 5.38. The van der Waals surface area contributed by atoms with Crippen LogP contribution in [0.5, 0.6) is 0 Å². The van der Waals surface area contributed by atoms with Crippen LogP contribution in [0.3, 0.4) is 0 Å². The highest BCUT2D eigenvalue weighted by atomic mass is 35.5. The molecule has 0 radical (unpaired) electrons. The highest BCUT2D eigenvalue weighted by Crippen LogP contribution is 2.30. The third-order valence-electron chi connectivity index (χ3n) is 3.51. The van der Waals surface area contributed by atoms with Gasteiger partial charge in [-0.2, -0.15) is 23.0 Å². The molecule has 0 amide bonds. The quantitative estimate of drug-likeness (QED) is 0.418. The van der Waals surface area contributed by atoms with E-state index in [9.17, 15) is 22.8 Å². The van der Waals surface area contributed by atoms with Crippen LogP contribution in [0.2, 0.25) is 5.02 Å². The number of nitrogens with zero attached hydrogens (tertiary/aromatic N) is 2. The van der Waals surface area contributed by atoms with Crippen molar-refractivity contribution >= 4 is 35.2 Å². The molecule has 0 fully saturated rings. The van der Waals surface area contributed by atoms with E-state index < -0.39 is 28.8 Å². The molecule has 2 rings (SSSR count). The lowest BCUT2D eigenvalue weighted by Gasteiger charge is -2.12. The minimum Gasteiger partial charge on any atom is -0.448 e. The number of esters is 1. The maximum absolute atomic E-state index is 12.9. The molecule has 0 saturated heterocycles. The number of ether oxygens (including phenoxy) is 1. The largest absolute Gasteiger partial charge is 0.448 e. The molecule has 0 aliphatic heterocycles. The summed E-state index contributed by atoms with van der Waals surface area (Å²) in [6.45, 7) is 0.777. The Balaban J connectivity index is 2.49. The summed E-state index contributed by atoms with van der Waals surface area (Å²) in [6, 6.07) is 4.09. The van der Waals surface area contributed by atoms with Crippen molar-refractivity contribution in [1.29, 1.82) is 0 Å². The zero-order valence-corrected chi connectivity index (χ0v) is 15.7. The van der Waals surface area contributed by atoms with E-state index in [1.165, 1.54) is 24.3 Å². The SMILES string of the molecule is C#CCOC(=O)/C(Cl)=C/c1cc(-n2ncc(C(F)(F)F)c(C)c2=O)ccc1Cl. The van der Waals surface area contributed by atoms with Gasteiger partial charge in [-0.05, 0) is 36.8 Å². The van der Waals surface area contributed by atoms with Gasteiger partial charge in [0, 0.05) is 10.6 Å². The lowest BCUT2D eigenvalue weighted by atomic mass is 10.1. The number of hydrogen-bond acceptors (Lipinski definition) is 4. The first-order valence-corrected chi connectivity index (χ1v) is 8.25. The number of hydrogen-bond donors (Lipinski definition) is 0. The zero-order chi connectivity index (χ0) is 21.1. The van der Waals surface area contributed by atoms with Gasteiger partial charge in [0.1, 0.15) is 5.03 Å². The summed E-state index contributed by atoms with van der Waals surface area (Å²) in [5.74, 6) is 1.22. The van der Waals surface area contributed by atoms with E-state index in [2.05, 4.69) is 15.8 Å². The maximum atomic E-state index is 12.9. The van der Waals surface area contributed by atoms with Crippen LogP contribution in [0, 0.1) is 19.3 Å². The Morgan fingerprint density at radius 2 is 2.11 bits per heavy atom. The summed E-state index contributed by atoms with van der Waals surface area (Å²) >= 11 is 11.9. The van der Waals surface area contributed by atoms with E-state index in [1.807, 2.05) is 0 Å². The number of terminal acetylenes is 1. The molecule has 10 heteroatoms. The number of halogens is 5. The molecule has 2 aromatic rings. The number of aromatic nitrogens is 2. The maximum Gasteiger partial charge on any atom is 0.418 e. The van der Waals surface area contributed by atoms with Crippen LogP contribution in [0.25, 0.3) is 11.8 Å². The molecule has 0 spiro atoms. The van der Waals surface area contributed by atoms with Crippen LogP contribution < -0.4 is 5.56 Å². The molecule has 0 saturated carbocycles. The third kappa shape index (κ3) is 4.74. The van der Waals surface area contributed by atoms with Gasteiger partial charge < -0.3 is 4.74 Å². The Bertz CT molecular complexity index is 1050. The van der Waals surface area contributed by atoms with Crippen molar-refractivity contribution in [3.8, 4) is 18.0 Å². The molecule has 0 atom stereocenters. The Morgan fingerprint density at radius 1 is 1.43 bits per heavy atom. The summed E-state index contributed by atoms with van der Waals surface area (Å²) in [5, 5.41) is 3.41. The molecule has 0 aliphatic rings. The molecular weight excluding hydrogens is 420 g/mol. The zero-order valence-electron chi connectivity index (χ0n) is 14.2. The van der Waals surface area contributed by atoms with E-state index in [0.717, 1.165) is 11.6 Å². The number of rotatable bonds is 4. The molecule has 0 unspecified atom stereocenters. The molecule has 146 valence electrons. The van der Waals surface area contributed by atoms with E-state index in [4.69, 9.17) is 29.6 Å². The lowest BCUT2D eigenvalue weighted by molar-refractivity contribution is -0.138. The van der Waals surface area contributed by atoms with Crippen molar-refractivity contribution in [2.45, 2.75) is 13.1 Å². The first-order valence-electron chi connectivity index (χ1n) is 7.50. The Morgan fingerprint density at radius 3 is 2.71 bits per heavy atom. The fourth-order valence-corrected chi connectivity index (χ4v) is 2.50. The van der Waals surface area contributed by atoms with E-state index in [-0.39, 0.29) is 27.9 Å². The van der Waals surface area contributed by atoms with E-state index in [0.29, 0.717) is 6.20 Å². The highest BCUT2D eigenvalue weighted by Gasteiger charge is 2.34. The molecule has 1 heterocycles. The van der Waals surface area contributed by atoms with Gasteiger partial charge in [0.15, 0.2) is 6.61 Å². The van der Waals surface area contributed by atoms with Crippen LogP contribution in [-0.2, 0) is 15.7 Å². The Hall–Kier alpha value is -2.76. The number of alkyl halides is 3. The number of benzene rings is 1. The standard InChI is InChI=1S/C18H11Cl2F3N2O3/c1-3-6-28-17(27)15(20)8-11-7-12(4-5-14(11)19)25-16(26)10(2)13(9-24-25)18(21,22)23/h1,4-5,7-9H,6H2,2H3/b15-8-. The molecular formula is C18H11Cl2F3N2O3. The van der Waals surface area contributed by atoms with E-state index in [1.54, 1.807) is 0 Å². The van der Waals surface area contributed by atoms with Crippen molar-refractivity contribution in [3.05, 3.63) is 61.5 Å². The van der Waals surface area contributed by atoms with Gasteiger partial charge in [-0.3, -0.25) is 4.79 Å². The summed E-state index contributed by atoms with van der Waals surface area (Å²) in [5.41, 5.74) is -2.24. The molecule has 5 nitrogen and oxygen atoms in total. The average Bonchev–Trinajstić information content (AvgIpc) is 2.62. The van der Waals surface area contributed by atoms with Gasteiger partial charge in [0.2, 0.25) is 0 Å². The topological polar surface area (TPSA) is 61.2 Å². The second-order valence-corrected chi connectivity index (χ2v) is 6.19. The monoisotopic (exact) mass is 430 g/mol. The molecule has 1 aromatic carbocycles. The van der Waals surface area contributed by atoms with Gasteiger partial charge in [-0.15, -0.1) is 6.42 Å². The van der Waals surface area contributed by atoms with Gasteiger partial charge in [0.05, 0.1) is 17.4 Å². The van der Waals surface area contributed by atoms with Crippen molar-refractivity contribution in [3.63, 3.8) is 0 Å². The van der Waals surface area contributed by atoms with Crippen LogP contribution in [0.15, 0.2) is 34.2 Å². The Labute approximate surface area is 167 Å². The second kappa shape index (κ2) is 8.50. The molecule has 0 N–H and O–H groups in total. The predicted octanol–water partition coefficient (Wildman–Crippen LogP) is 3.97. The molecule has 28 heavy (non-hydrogen) atoms. The van der Waals surface area contributed by atoms with E-state index >= 15 is 0 Å². The highest BCUT2D eigenvalue weighted by molar-refractivity contribution is 6.43. The first kappa shape index (κ1) is 21.5. The fourth-order valence-electron chi connectivity index (χ4n) is 2.15. The van der Waals surface area contributed by atoms with Crippen LogP contribution in [0.4, 0.5) is 13.2 Å². The summed E-state index contributed by atoms with van der Waals surface area (Å²) in [4.78, 5) is 24.0. The number of carbonyl (C=O) groups excluding carboxylic acids is 1. The van der Waals surface area contributed by atoms with Crippen molar-refractivity contribution in [1.82, 2.24) is 9.78 Å². The summed E-state index contributed by atoms with van der Waals surface area (Å²) in [7, 11) is 0. The summed E-state index contributed by atoms with van der Waals surface area (Å²) in [6.07, 6.45) is 2.02.